The molecule has 3 rings (SSSR count). The summed E-state index contributed by atoms with van der Waals surface area (Å²) in [4.78, 5) is 29.7. The van der Waals surface area contributed by atoms with Crippen LogP contribution in [-0.4, -0.2) is 33.5 Å². The molecule has 0 aliphatic heterocycles. The molecule has 3 aromatic rings. The average Bonchev–Trinajstić information content (AvgIpc) is 3.15. The van der Waals surface area contributed by atoms with Crippen molar-refractivity contribution in [3.8, 4) is 17.1 Å². The van der Waals surface area contributed by atoms with Gasteiger partial charge in [-0.1, -0.05) is 35.5 Å². The minimum atomic E-state index is -0.408. The average molecular weight is 365 g/mol. The number of amides is 1. The maximum Gasteiger partial charge on any atom is 0.308 e. The third kappa shape index (κ3) is 4.58. The summed E-state index contributed by atoms with van der Waals surface area (Å²) in [6.07, 6.45) is 0. The molecule has 0 bridgehead atoms. The Hall–Kier alpha value is -3.48. The lowest BCUT2D eigenvalue weighted by atomic mass is 10.2. The number of nitrogens with zero attached hydrogens (tertiary/aromatic N) is 3. The first-order chi connectivity index (χ1) is 13.1. The molecule has 7 nitrogen and oxygen atoms in total. The normalized spacial score (nSPS) is 10.4. The largest absolute Gasteiger partial charge is 0.427 e. The van der Waals surface area contributed by atoms with E-state index in [1.54, 1.807) is 29.2 Å². The van der Waals surface area contributed by atoms with Crippen molar-refractivity contribution in [1.82, 2.24) is 15.0 Å². The molecule has 2 aromatic carbocycles. The first-order valence-electron chi connectivity index (χ1n) is 8.52. The highest BCUT2D eigenvalue weighted by molar-refractivity contribution is 5.94. The molecular weight excluding hydrogens is 346 g/mol. The van der Waals surface area contributed by atoms with Crippen LogP contribution in [-0.2, 0) is 11.3 Å². The fourth-order valence-corrected chi connectivity index (χ4v) is 2.53. The summed E-state index contributed by atoms with van der Waals surface area (Å²) < 4.78 is 10.3. The van der Waals surface area contributed by atoms with Crippen molar-refractivity contribution in [3.05, 3.63) is 66.1 Å². The highest BCUT2D eigenvalue weighted by Gasteiger charge is 2.18. The fraction of sp³-hybridized carbons (Fsp3) is 0.200. The molecule has 0 atom stereocenters. The molecule has 0 fully saturated rings. The van der Waals surface area contributed by atoms with Crippen LogP contribution in [0.2, 0.25) is 0 Å². The SMILES string of the molecule is CCN(Cc1nc(-c2ccccc2)no1)C(=O)c1ccc(OC(C)=O)cc1. The predicted octanol–water partition coefficient (Wildman–Crippen LogP) is 3.32. The van der Waals surface area contributed by atoms with Gasteiger partial charge in [0.15, 0.2) is 0 Å². The molecule has 0 spiro atoms. The smallest absolute Gasteiger partial charge is 0.308 e. The van der Waals surface area contributed by atoms with Crippen LogP contribution in [0.15, 0.2) is 59.1 Å². The fourth-order valence-electron chi connectivity index (χ4n) is 2.53. The van der Waals surface area contributed by atoms with Crippen LogP contribution in [0.3, 0.4) is 0 Å². The van der Waals surface area contributed by atoms with Crippen LogP contribution < -0.4 is 4.74 Å². The molecule has 1 heterocycles. The maximum absolute atomic E-state index is 12.7. The molecule has 138 valence electrons. The molecule has 0 saturated heterocycles. The van der Waals surface area contributed by atoms with E-state index in [9.17, 15) is 9.59 Å². The zero-order valence-corrected chi connectivity index (χ0v) is 15.1. The summed E-state index contributed by atoms with van der Waals surface area (Å²) in [5.41, 5.74) is 1.33. The van der Waals surface area contributed by atoms with E-state index in [-0.39, 0.29) is 12.5 Å². The maximum atomic E-state index is 12.7. The molecule has 27 heavy (non-hydrogen) atoms. The van der Waals surface area contributed by atoms with Crippen LogP contribution in [0.1, 0.15) is 30.1 Å². The van der Waals surface area contributed by atoms with E-state index < -0.39 is 5.97 Å². The van der Waals surface area contributed by atoms with Gasteiger partial charge in [-0.05, 0) is 31.2 Å². The lowest BCUT2D eigenvalue weighted by Crippen LogP contribution is -2.30. The second-order valence-corrected chi connectivity index (χ2v) is 5.82. The van der Waals surface area contributed by atoms with Gasteiger partial charge in [-0.15, -0.1) is 0 Å². The Balaban J connectivity index is 1.70. The number of aromatic nitrogens is 2. The van der Waals surface area contributed by atoms with Gasteiger partial charge in [0.2, 0.25) is 11.7 Å². The van der Waals surface area contributed by atoms with Crippen LogP contribution in [0.5, 0.6) is 5.75 Å². The minimum absolute atomic E-state index is 0.175. The third-order valence-corrected chi connectivity index (χ3v) is 3.86. The summed E-state index contributed by atoms with van der Waals surface area (Å²) in [6, 6.07) is 15.9. The van der Waals surface area contributed by atoms with Crippen molar-refractivity contribution in [3.63, 3.8) is 0 Å². The molecular formula is C20H19N3O4. The molecule has 7 heteroatoms. The van der Waals surface area contributed by atoms with Gasteiger partial charge in [-0.3, -0.25) is 9.59 Å². The van der Waals surface area contributed by atoms with Crippen molar-refractivity contribution in [1.29, 1.82) is 0 Å². The molecule has 0 aliphatic rings. The Morgan fingerprint density at radius 1 is 1.07 bits per heavy atom. The second kappa shape index (κ2) is 8.27. The van der Waals surface area contributed by atoms with Gasteiger partial charge >= 0.3 is 5.97 Å². The predicted molar refractivity (Wildman–Crippen MR) is 97.9 cm³/mol. The highest BCUT2D eigenvalue weighted by atomic mass is 16.5. The number of ether oxygens (including phenoxy) is 1. The summed E-state index contributed by atoms with van der Waals surface area (Å²) in [5, 5.41) is 3.97. The number of hydrogen-bond acceptors (Lipinski definition) is 6. The summed E-state index contributed by atoms with van der Waals surface area (Å²) in [7, 11) is 0. The van der Waals surface area contributed by atoms with Gasteiger partial charge < -0.3 is 14.2 Å². The van der Waals surface area contributed by atoms with E-state index in [0.29, 0.717) is 29.6 Å². The molecule has 0 unspecified atom stereocenters. The number of esters is 1. The van der Waals surface area contributed by atoms with Crippen LogP contribution in [0.4, 0.5) is 0 Å². The number of hydrogen-bond donors (Lipinski definition) is 0. The number of carbonyl (C=O) groups excluding carboxylic acids is 2. The molecule has 0 N–H and O–H groups in total. The second-order valence-electron chi connectivity index (χ2n) is 5.82. The van der Waals surface area contributed by atoms with Crippen molar-refractivity contribution in [2.45, 2.75) is 20.4 Å². The lowest BCUT2D eigenvalue weighted by molar-refractivity contribution is -0.131. The molecule has 1 aromatic heterocycles. The van der Waals surface area contributed by atoms with Crippen LogP contribution >= 0.6 is 0 Å². The van der Waals surface area contributed by atoms with Gasteiger partial charge in [-0.25, -0.2) is 0 Å². The van der Waals surface area contributed by atoms with Gasteiger partial charge in [0.1, 0.15) is 12.3 Å². The van der Waals surface area contributed by atoms with Crippen molar-refractivity contribution >= 4 is 11.9 Å². The first-order valence-corrected chi connectivity index (χ1v) is 8.52. The number of carbonyl (C=O) groups is 2. The first kappa shape index (κ1) is 18.3. The molecule has 0 saturated carbocycles. The van der Waals surface area contributed by atoms with Gasteiger partial charge in [0.25, 0.3) is 5.91 Å². The zero-order chi connectivity index (χ0) is 19.2. The summed E-state index contributed by atoms with van der Waals surface area (Å²) >= 11 is 0. The quantitative estimate of drug-likeness (QED) is 0.492. The molecule has 0 radical (unpaired) electrons. The number of rotatable bonds is 6. The van der Waals surface area contributed by atoms with Crippen LogP contribution in [0.25, 0.3) is 11.4 Å². The summed E-state index contributed by atoms with van der Waals surface area (Å²) in [6.45, 7) is 3.89. The Morgan fingerprint density at radius 3 is 2.41 bits per heavy atom. The van der Waals surface area contributed by atoms with Gasteiger partial charge in [-0.2, -0.15) is 4.98 Å². The van der Waals surface area contributed by atoms with Gasteiger partial charge in [0.05, 0.1) is 0 Å². The van der Waals surface area contributed by atoms with Crippen molar-refractivity contribution in [2.75, 3.05) is 6.54 Å². The Kier molecular flexibility index (Phi) is 5.61. The van der Waals surface area contributed by atoms with Gasteiger partial charge in [0, 0.05) is 24.6 Å². The Labute approximate surface area is 156 Å². The topological polar surface area (TPSA) is 85.5 Å². The highest BCUT2D eigenvalue weighted by Crippen LogP contribution is 2.17. The minimum Gasteiger partial charge on any atom is -0.427 e. The van der Waals surface area contributed by atoms with E-state index in [4.69, 9.17) is 9.26 Å². The zero-order valence-electron chi connectivity index (χ0n) is 15.1. The Morgan fingerprint density at radius 2 is 1.78 bits per heavy atom. The molecule has 1 amide bonds. The molecule has 0 aliphatic carbocycles. The van der Waals surface area contributed by atoms with E-state index in [1.165, 1.54) is 6.92 Å². The standard InChI is InChI=1S/C20H19N3O4/c1-3-23(20(25)16-9-11-17(12-10-16)26-14(2)24)13-18-21-19(22-27-18)15-7-5-4-6-8-15/h4-12H,3,13H2,1-2H3. The van der Waals surface area contributed by atoms with E-state index in [0.717, 1.165) is 5.56 Å². The monoisotopic (exact) mass is 365 g/mol. The van der Waals surface area contributed by atoms with E-state index in [1.807, 2.05) is 37.3 Å². The lowest BCUT2D eigenvalue weighted by Gasteiger charge is -2.18. The Bertz CT molecular complexity index is 920. The number of benzene rings is 2. The van der Waals surface area contributed by atoms with Crippen LogP contribution in [0, 0.1) is 0 Å². The summed E-state index contributed by atoms with van der Waals surface area (Å²) in [5.74, 6) is 0.660. The van der Waals surface area contributed by atoms with E-state index in [2.05, 4.69) is 10.1 Å². The van der Waals surface area contributed by atoms with Crippen molar-refractivity contribution in [2.24, 2.45) is 0 Å². The van der Waals surface area contributed by atoms with E-state index >= 15 is 0 Å². The third-order valence-electron chi connectivity index (χ3n) is 3.86. The van der Waals surface area contributed by atoms with Crippen molar-refractivity contribution < 1.29 is 18.8 Å².